The van der Waals surface area contributed by atoms with Gasteiger partial charge in [0, 0.05) is 35.6 Å². The van der Waals surface area contributed by atoms with Gasteiger partial charge in [-0.05, 0) is 47.7 Å². The van der Waals surface area contributed by atoms with Gasteiger partial charge in [0.2, 0.25) is 11.8 Å². The van der Waals surface area contributed by atoms with Crippen molar-refractivity contribution in [3.8, 4) is 28.8 Å². The molecular weight excluding hydrogens is 490 g/mol. The maximum Gasteiger partial charge on any atom is 0.263 e. The molecule has 39 heavy (non-hydrogen) atoms. The van der Waals surface area contributed by atoms with Gasteiger partial charge in [0.1, 0.15) is 17.5 Å². The van der Waals surface area contributed by atoms with Gasteiger partial charge >= 0.3 is 0 Å². The molecule has 3 heterocycles. The van der Waals surface area contributed by atoms with Gasteiger partial charge < -0.3 is 15.8 Å². The number of benzene rings is 2. The van der Waals surface area contributed by atoms with E-state index >= 15 is 0 Å². The normalized spacial score (nSPS) is 12.5. The van der Waals surface area contributed by atoms with E-state index in [0.717, 1.165) is 27.9 Å². The number of ether oxygens (including phenoxy) is 1. The summed E-state index contributed by atoms with van der Waals surface area (Å²) in [7, 11) is 1.57. The summed E-state index contributed by atoms with van der Waals surface area (Å²) in [5, 5.41) is 14.2. The van der Waals surface area contributed by atoms with Crippen molar-refractivity contribution in [3.05, 3.63) is 101 Å². The second-order valence-corrected chi connectivity index (χ2v) is 9.23. The SMILES string of the molecule is COc1cc(-c2cccc3cc(C(C)C(C)Nc4nc(N)ncc4C#N)n(-c4ccccc4)c(=O)c23)ccn1. The number of rotatable bonds is 7. The number of nitrogen functional groups attached to an aromatic ring is 1. The van der Waals surface area contributed by atoms with E-state index in [0.29, 0.717) is 22.6 Å². The summed E-state index contributed by atoms with van der Waals surface area (Å²) in [5.74, 6) is 0.728. The number of aromatic nitrogens is 4. The molecule has 2 unspecified atom stereocenters. The highest BCUT2D eigenvalue weighted by molar-refractivity contribution is 5.96. The van der Waals surface area contributed by atoms with Crippen LogP contribution >= 0.6 is 0 Å². The fourth-order valence-corrected chi connectivity index (χ4v) is 4.67. The minimum atomic E-state index is -0.217. The van der Waals surface area contributed by atoms with E-state index in [1.54, 1.807) is 17.9 Å². The van der Waals surface area contributed by atoms with Crippen LogP contribution in [-0.2, 0) is 0 Å². The zero-order valence-corrected chi connectivity index (χ0v) is 21.8. The van der Waals surface area contributed by atoms with Crippen LogP contribution in [0, 0.1) is 11.3 Å². The van der Waals surface area contributed by atoms with Crippen LogP contribution in [-0.4, -0.2) is 32.7 Å². The highest BCUT2D eigenvalue weighted by Gasteiger charge is 2.23. The number of pyridine rings is 2. The summed E-state index contributed by atoms with van der Waals surface area (Å²) in [6.45, 7) is 4.01. The monoisotopic (exact) mass is 517 g/mol. The van der Waals surface area contributed by atoms with Crippen LogP contribution in [0.15, 0.2) is 83.9 Å². The van der Waals surface area contributed by atoms with Gasteiger partial charge in [0.15, 0.2) is 0 Å². The quantitative estimate of drug-likeness (QED) is 0.311. The van der Waals surface area contributed by atoms with Gasteiger partial charge in [0.25, 0.3) is 5.56 Å². The van der Waals surface area contributed by atoms with Gasteiger partial charge in [-0.3, -0.25) is 9.36 Å². The Morgan fingerprint density at radius 2 is 1.85 bits per heavy atom. The van der Waals surface area contributed by atoms with Crippen molar-refractivity contribution < 1.29 is 4.74 Å². The molecule has 5 rings (SSSR count). The van der Waals surface area contributed by atoms with Gasteiger partial charge in [0.05, 0.1) is 18.7 Å². The van der Waals surface area contributed by atoms with Crippen LogP contribution in [0.5, 0.6) is 5.88 Å². The number of nitrogens with two attached hydrogens (primary N) is 1. The average Bonchev–Trinajstić information content (AvgIpc) is 2.97. The van der Waals surface area contributed by atoms with E-state index in [4.69, 9.17) is 10.5 Å². The zero-order chi connectivity index (χ0) is 27.5. The summed E-state index contributed by atoms with van der Waals surface area (Å²) in [6.07, 6.45) is 3.06. The predicted molar refractivity (Wildman–Crippen MR) is 152 cm³/mol. The number of nitriles is 1. The summed E-state index contributed by atoms with van der Waals surface area (Å²) >= 11 is 0. The number of methoxy groups -OCH3 is 1. The van der Waals surface area contributed by atoms with Crippen molar-refractivity contribution in [2.75, 3.05) is 18.2 Å². The molecule has 5 aromatic rings. The zero-order valence-electron chi connectivity index (χ0n) is 21.8. The largest absolute Gasteiger partial charge is 0.481 e. The molecular formula is C30H27N7O2. The lowest BCUT2D eigenvalue weighted by atomic mass is 9.94. The number of hydrogen-bond donors (Lipinski definition) is 2. The van der Waals surface area contributed by atoms with Crippen LogP contribution in [0.25, 0.3) is 27.6 Å². The van der Waals surface area contributed by atoms with Gasteiger partial charge in [-0.15, -0.1) is 0 Å². The summed E-state index contributed by atoms with van der Waals surface area (Å²) < 4.78 is 7.08. The molecule has 3 N–H and O–H groups in total. The molecule has 194 valence electrons. The standard InChI is InChI=1S/C30H27N7O2/c1-18(19(2)35-28-22(16-31)17-34-30(32)36-28)25-14-21-8-7-11-24(20-12-13-33-26(15-20)39-3)27(21)29(38)37(25)23-9-5-4-6-10-23/h4-15,17-19H,1-3H3,(H3,32,34,35,36). The molecule has 9 nitrogen and oxygen atoms in total. The molecule has 0 spiro atoms. The number of para-hydroxylation sites is 1. The van der Waals surface area contributed by atoms with Crippen LogP contribution < -0.4 is 21.3 Å². The fraction of sp³-hybridized carbons (Fsp3) is 0.167. The molecule has 0 saturated heterocycles. The molecule has 9 heteroatoms. The fourth-order valence-electron chi connectivity index (χ4n) is 4.67. The predicted octanol–water partition coefficient (Wildman–Crippen LogP) is 4.91. The number of hydrogen-bond acceptors (Lipinski definition) is 8. The lowest BCUT2D eigenvalue weighted by Gasteiger charge is -2.26. The highest BCUT2D eigenvalue weighted by atomic mass is 16.5. The Morgan fingerprint density at radius 1 is 1.05 bits per heavy atom. The van der Waals surface area contributed by atoms with Crippen molar-refractivity contribution in [1.29, 1.82) is 5.26 Å². The van der Waals surface area contributed by atoms with Crippen molar-refractivity contribution in [1.82, 2.24) is 19.5 Å². The van der Waals surface area contributed by atoms with E-state index in [1.807, 2.05) is 80.6 Å². The topological polar surface area (TPSA) is 132 Å². The van der Waals surface area contributed by atoms with Crippen LogP contribution in [0.4, 0.5) is 11.8 Å². The Balaban J connectivity index is 1.69. The molecule has 0 aliphatic carbocycles. The smallest absolute Gasteiger partial charge is 0.263 e. The number of nitrogens with one attached hydrogen (secondary N) is 1. The first-order valence-electron chi connectivity index (χ1n) is 12.4. The van der Waals surface area contributed by atoms with Crippen LogP contribution in [0.3, 0.4) is 0 Å². The second kappa shape index (κ2) is 10.6. The van der Waals surface area contributed by atoms with E-state index in [9.17, 15) is 10.1 Å². The average molecular weight is 518 g/mol. The number of anilines is 2. The summed E-state index contributed by atoms with van der Waals surface area (Å²) in [6, 6.07) is 23.0. The minimum Gasteiger partial charge on any atom is -0.481 e. The Bertz CT molecular complexity index is 1760. The third-order valence-electron chi connectivity index (χ3n) is 6.85. The first-order chi connectivity index (χ1) is 18.9. The molecule has 0 fully saturated rings. The molecule has 2 atom stereocenters. The van der Waals surface area contributed by atoms with E-state index in [2.05, 4.69) is 26.3 Å². The minimum absolute atomic E-state index is 0.0727. The Morgan fingerprint density at radius 3 is 2.59 bits per heavy atom. The van der Waals surface area contributed by atoms with Gasteiger partial charge in [-0.1, -0.05) is 43.3 Å². The third-order valence-corrected chi connectivity index (χ3v) is 6.85. The molecule has 0 aliphatic heterocycles. The summed E-state index contributed by atoms with van der Waals surface area (Å²) in [5.41, 5.74) is 9.13. The summed E-state index contributed by atoms with van der Waals surface area (Å²) in [4.78, 5) is 26.7. The number of fused-ring (bicyclic) bond motifs is 1. The number of nitrogens with zero attached hydrogens (tertiary/aromatic N) is 5. The van der Waals surface area contributed by atoms with E-state index in [-0.39, 0.29) is 23.5 Å². The van der Waals surface area contributed by atoms with Crippen molar-refractivity contribution in [3.63, 3.8) is 0 Å². The van der Waals surface area contributed by atoms with Crippen LogP contribution in [0.2, 0.25) is 0 Å². The lowest BCUT2D eigenvalue weighted by Crippen LogP contribution is -2.30. The van der Waals surface area contributed by atoms with Crippen LogP contribution in [0.1, 0.15) is 31.0 Å². The van der Waals surface area contributed by atoms with Crippen molar-refractivity contribution >= 4 is 22.5 Å². The van der Waals surface area contributed by atoms with Gasteiger partial charge in [-0.2, -0.15) is 10.2 Å². The first kappa shape index (κ1) is 25.4. The molecule has 2 aromatic carbocycles. The second-order valence-electron chi connectivity index (χ2n) is 9.23. The Kier molecular flexibility index (Phi) is 6.93. The van der Waals surface area contributed by atoms with Crippen molar-refractivity contribution in [2.24, 2.45) is 0 Å². The molecule has 0 aliphatic rings. The van der Waals surface area contributed by atoms with Gasteiger partial charge in [-0.25, -0.2) is 9.97 Å². The van der Waals surface area contributed by atoms with E-state index < -0.39 is 0 Å². The lowest BCUT2D eigenvalue weighted by molar-refractivity contribution is 0.398. The third kappa shape index (κ3) is 4.88. The Labute approximate surface area is 225 Å². The molecule has 0 radical (unpaired) electrons. The molecule has 0 bridgehead atoms. The maximum absolute atomic E-state index is 14.3. The van der Waals surface area contributed by atoms with E-state index in [1.165, 1.54) is 6.20 Å². The first-order valence-corrected chi connectivity index (χ1v) is 12.4. The highest BCUT2D eigenvalue weighted by Crippen LogP contribution is 2.32. The molecule has 3 aromatic heterocycles. The molecule has 0 amide bonds. The molecule has 0 saturated carbocycles. The maximum atomic E-state index is 14.3. The Hall–Kier alpha value is -5.23. The van der Waals surface area contributed by atoms with Crippen molar-refractivity contribution in [2.45, 2.75) is 25.8 Å².